The van der Waals surface area contributed by atoms with Crippen LogP contribution in [0.4, 0.5) is 9.18 Å². The molecule has 1 aliphatic heterocycles. The summed E-state index contributed by atoms with van der Waals surface area (Å²) in [6, 6.07) is 13.4. The van der Waals surface area contributed by atoms with Gasteiger partial charge in [0, 0.05) is 48.4 Å². The van der Waals surface area contributed by atoms with Crippen molar-refractivity contribution in [3.63, 3.8) is 0 Å². The Hall–Kier alpha value is -3.39. The lowest BCUT2D eigenvalue weighted by Gasteiger charge is -2.13. The molecule has 0 bridgehead atoms. The molecule has 1 fully saturated rings. The van der Waals surface area contributed by atoms with Crippen LogP contribution in [0.15, 0.2) is 59.6 Å². The number of aromatic nitrogens is 1. The van der Waals surface area contributed by atoms with Crippen LogP contribution in [0.25, 0.3) is 17.0 Å². The minimum absolute atomic E-state index is 0.0375. The van der Waals surface area contributed by atoms with Crippen LogP contribution in [0.3, 0.4) is 0 Å². The van der Waals surface area contributed by atoms with Crippen LogP contribution in [-0.2, 0) is 11.8 Å². The van der Waals surface area contributed by atoms with Crippen molar-refractivity contribution in [3.05, 3.63) is 76.6 Å². The van der Waals surface area contributed by atoms with Gasteiger partial charge in [-0.15, -0.1) is 0 Å². The van der Waals surface area contributed by atoms with Gasteiger partial charge < -0.3 is 9.88 Å². The summed E-state index contributed by atoms with van der Waals surface area (Å²) in [6.07, 6.45) is 3.25. The predicted molar refractivity (Wildman–Crippen MR) is 114 cm³/mol. The molecule has 0 radical (unpaired) electrons. The minimum atomic E-state index is -0.493. The first kappa shape index (κ1) is 19.9. The Bertz CT molecular complexity index is 1200. The smallest absolute Gasteiger partial charge is 0.293 e. The van der Waals surface area contributed by atoms with Crippen LogP contribution in [0.2, 0.25) is 0 Å². The van der Waals surface area contributed by atoms with Gasteiger partial charge in [0.05, 0.1) is 4.91 Å². The molecule has 1 aromatic heterocycles. The number of imide groups is 1. The quantitative estimate of drug-likeness (QED) is 0.634. The molecular weight excluding hydrogens is 405 g/mol. The molecule has 1 aliphatic rings. The normalized spacial score (nSPS) is 15.4. The van der Waals surface area contributed by atoms with Gasteiger partial charge in [-0.2, -0.15) is 0 Å². The van der Waals surface area contributed by atoms with Crippen LogP contribution in [-0.4, -0.2) is 39.6 Å². The van der Waals surface area contributed by atoms with E-state index in [9.17, 15) is 18.8 Å². The zero-order chi connectivity index (χ0) is 21.3. The number of aryl methyl sites for hydroxylation is 1. The molecule has 1 N–H and O–H groups in total. The molecule has 3 amide bonds. The zero-order valence-electron chi connectivity index (χ0n) is 16.1. The van der Waals surface area contributed by atoms with Crippen molar-refractivity contribution in [1.29, 1.82) is 0 Å². The Morgan fingerprint density at radius 2 is 1.93 bits per heavy atom. The zero-order valence-corrected chi connectivity index (χ0v) is 16.9. The summed E-state index contributed by atoms with van der Waals surface area (Å²) in [7, 11) is 1.90. The standard InChI is InChI=1S/C22H18FN3O3S/c1-25-11-9-15-16(6-4-8-18(15)25)20(27)24-10-12-26-21(28)19(30-22(26)29)13-14-5-2-3-7-17(14)23/h2-9,11,13H,10,12H2,1H3,(H,24,27). The fraction of sp³-hybridized carbons (Fsp3) is 0.136. The van der Waals surface area contributed by atoms with E-state index in [4.69, 9.17) is 0 Å². The number of amides is 3. The highest BCUT2D eigenvalue weighted by atomic mass is 32.2. The average molecular weight is 423 g/mol. The van der Waals surface area contributed by atoms with Crippen LogP contribution in [0, 0.1) is 5.82 Å². The van der Waals surface area contributed by atoms with E-state index in [1.54, 1.807) is 24.3 Å². The molecule has 0 atom stereocenters. The molecule has 1 saturated heterocycles. The largest absolute Gasteiger partial charge is 0.351 e. The molecule has 0 aliphatic carbocycles. The second kappa shape index (κ2) is 8.16. The third-order valence-electron chi connectivity index (χ3n) is 4.86. The monoisotopic (exact) mass is 423 g/mol. The number of nitrogens with zero attached hydrogens (tertiary/aromatic N) is 2. The van der Waals surface area contributed by atoms with E-state index in [2.05, 4.69) is 5.32 Å². The van der Waals surface area contributed by atoms with E-state index in [0.29, 0.717) is 5.56 Å². The van der Waals surface area contributed by atoms with E-state index in [1.807, 2.05) is 29.9 Å². The molecule has 2 aromatic carbocycles. The molecule has 3 aromatic rings. The Labute approximate surface area is 176 Å². The van der Waals surface area contributed by atoms with E-state index >= 15 is 0 Å². The number of hydrogen-bond acceptors (Lipinski definition) is 4. The Balaban J connectivity index is 1.41. The van der Waals surface area contributed by atoms with E-state index < -0.39 is 17.0 Å². The first-order chi connectivity index (χ1) is 14.5. The van der Waals surface area contributed by atoms with Gasteiger partial charge in [0.25, 0.3) is 17.1 Å². The maximum absolute atomic E-state index is 13.8. The van der Waals surface area contributed by atoms with E-state index in [1.165, 1.54) is 18.2 Å². The number of nitrogens with one attached hydrogen (secondary N) is 1. The van der Waals surface area contributed by atoms with Gasteiger partial charge in [-0.3, -0.25) is 19.3 Å². The lowest BCUT2D eigenvalue weighted by Crippen LogP contribution is -2.37. The summed E-state index contributed by atoms with van der Waals surface area (Å²) in [5.74, 6) is -1.24. The lowest BCUT2D eigenvalue weighted by atomic mass is 10.1. The van der Waals surface area contributed by atoms with Crippen LogP contribution >= 0.6 is 11.8 Å². The Morgan fingerprint density at radius 1 is 1.13 bits per heavy atom. The highest BCUT2D eigenvalue weighted by Gasteiger charge is 2.34. The van der Waals surface area contributed by atoms with Gasteiger partial charge in [0.1, 0.15) is 5.82 Å². The van der Waals surface area contributed by atoms with Gasteiger partial charge in [-0.05, 0) is 42.1 Å². The van der Waals surface area contributed by atoms with Crippen molar-refractivity contribution in [2.45, 2.75) is 0 Å². The number of hydrogen-bond donors (Lipinski definition) is 1. The van der Waals surface area contributed by atoms with Crippen LogP contribution in [0.5, 0.6) is 0 Å². The third-order valence-corrected chi connectivity index (χ3v) is 5.77. The molecular formula is C22H18FN3O3S. The van der Waals surface area contributed by atoms with Gasteiger partial charge in [0.15, 0.2) is 0 Å². The highest BCUT2D eigenvalue weighted by molar-refractivity contribution is 8.18. The van der Waals surface area contributed by atoms with Crippen molar-refractivity contribution in [2.75, 3.05) is 13.1 Å². The summed E-state index contributed by atoms with van der Waals surface area (Å²) in [4.78, 5) is 38.5. The molecule has 0 unspecified atom stereocenters. The van der Waals surface area contributed by atoms with Crippen LogP contribution < -0.4 is 5.32 Å². The fourth-order valence-electron chi connectivity index (χ4n) is 3.30. The van der Waals surface area contributed by atoms with Crippen molar-refractivity contribution >= 4 is 45.8 Å². The molecule has 30 heavy (non-hydrogen) atoms. The van der Waals surface area contributed by atoms with Gasteiger partial charge in [-0.25, -0.2) is 4.39 Å². The summed E-state index contributed by atoms with van der Waals surface area (Å²) in [6.45, 7) is 0.156. The molecule has 152 valence electrons. The number of carbonyl (C=O) groups is 3. The molecule has 0 spiro atoms. The van der Waals surface area contributed by atoms with Gasteiger partial charge in [0.2, 0.25) is 0 Å². The number of thioether (sulfide) groups is 1. The van der Waals surface area contributed by atoms with Crippen molar-refractivity contribution in [3.8, 4) is 0 Å². The Kier molecular flexibility index (Phi) is 5.41. The van der Waals surface area contributed by atoms with Crippen molar-refractivity contribution < 1.29 is 18.8 Å². The van der Waals surface area contributed by atoms with E-state index in [-0.39, 0.29) is 29.5 Å². The second-order valence-electron chi connectivity index (χ2n) is 6.78. The topological polar surface area (TPSA) is 71.4 Å². The fourth-order valence-corrected chi connectivity index (χ4v) is 4.16. The maximum Gasteiger partial charge on any atom is 0.293 e. The third kappa shape index (κ3) is 3.73. The van der Waals surface area contributed by atoms with Crippen molar-refractivity contribution in [1.82, 2.24) is 14.8 Å². The first-order valence-electron chi connectivity index (χ1n) is 9.28. The number of benzene rings is 2. The molecule has 8 heteroatoms. The van der Waals surface area contributed by atoms with Gasteiger partial charge >= 0.3 is 0 Å². The second-order valence-corrected chi connectivity index (χ2v) is 7.77. The number of rotatable bonds is 5. The average Bonchev–Trinajstić information content (AvgIpc) is 3.24. The molecule has 0 saturated carbocycles. The minimum Gasteiger partial charge on any atom is -0.351 e. The predicted octanol–water partition coefficient (Wildman–Crippen LogP) is 3.78. The lowest BCUT2D eigenvalue weighted by molar-refractivity contribution is -0.122. The summed E-state index contributed by atoms with van der Waals surface area (Å²) < 4.78 is 15.7. The summed E-state index contributed by atoms with van der Waals surface area (Å²) in [5, 5.41) is 3.15. The maximum atomic E-state index is 13.8. The summed E-state index contributed by atoms with van der Waals surface area (Å²) in [5.41, 5.74) is 1.71. The number of fused-ring (bicyclic) bond motifs is 1. The molecule has 6 nitrogen and oxygen atoms in total. The molecule has 2 heterocycles. The number of halogens is 1. The van der Waals surface area contributed by atoms with Gasteiger partial charge in [-0.1, -0.05) is 24.3 Å². The van der Waals surface area contributed by atoms with Crippen molar-refractivity contribution in [2.24, 2.45) is 7.05 Å². The first-order valence-corrected chi connectivity index (χ1v) is 10.1. The summed E-state index contributed by atoms with van der Waals surface area (Å²) >= 11 is 0.762. The van der Waals surface area contributed by atoms with Crippen LogP contribution in [0.1, 0.15) is 15.9 Å². The highest BCUT2D eigenvalue weighted by Crippen LogP contribution is 2.32. The van der Waals surface area contributed by atoms with E-state index in [0.717, 1.165) is 27.6 Å². The SMILES string of the molecule is Cn1ccc2c(C(=O)NCCN3C(=O)SC(=Cc4ccccc4F)C3=O)cccc21. The molecule has 4 rings (SSSR count). The number of carbonyl (C=O) groups excluding carboxylic acids is 3. The Morgan fingerprint density at radius 3 is 2.73 bits per heavy atom.